The van der Waals surface area contributed by atoms with E-state index in [0.29, 0.717) is 97.6 Å². The van der Waals surface area contributed by atoms with E-state index in [2.05, 4.69) is 13.2 Å². The predicted octanol–water partition coefficient (Wildman–Crippen LogP) is 6.79. The fraction of sp³-hybridized carbons (Fsp3) is 0.308. The van der Waals surface area contributed by atoms with E-state index in [-0.39, 0.29) is 38.1 Å². The molecule has 0 saturated carbocycles. The standard InChI is InChI=1S/C52H56N2O12/c1-5-45(55)65-43(35-63-31-29-61-27-25-59-3)39-21-17-37(18-22-39)33-53-49(41-13-9-7-10-14-41)47-48(51(53)57)50(42-15-11-8-12-16-42)54(52(47)58)34-38-19-23-40(24-20-38)44(66-46(56)6-2)36-64-32-30-62-28-26-60-4/h5-24,43-44H,1-2,25-36H2,3-4H3. The number of ether oxygens (including phenoxy) is 8. The summed E-state index contributed by atoms with van der Waals surface area (Å²) < 4.78 is 43.8. The summed E-state index contributed by atoms with van der Waals surface area (Å²) >= 11 is 0. The van der Waals surface area contributed by atoms with Gasteiger partial charge in [-0.3, -0.25) is 9.59 Å². The summed E-state index contributed by atoms with van der Waals surface area (Å²) in [6.07, 6.45) is 0.765. The minimum absolute atomic E-state index is 0.0910. The zero-order chi connectivity index (χ0) is 46.7. The van der Waals surface area contributed by atoms with Crippen molar-refractivity contribution in [2.24, 2.45) is 0 Å². The monoisotopic (exact) mass is 900 g/mol. The van der Waals surface area contributed by atoms with Crippen LogP contribution in [0.5, 0.6) is 0 Å². The molecule has 0 radical (unpaired) electrons. The third-order valence-corrected chi connectivity index (χ3v) is 10.7. The van der Waals surface area contributed by atoms with Gasteiger partial charge in [0.15, 0.2) is 12.2 Å². The highest BCUT2D eigenvalue weighted by molar-refractivity contribution is 6.30. The lowest BCUT2D eigenvalue weighted by atomic mass is 10.0. The van der Waals surface area contributed by atoms with Crippen LogP contribution >= 0.6 is 0 Å². The number of hydrogen-bond donors (Lipinski definition) is 0. The Labute approximate surface area is 385 Å². The molecular weight excluding hydrogens is 845 g/mol. The third kappa shape index (κ3) is 12.8. The molecule has 66 heavy (non-hydrogen) atoms. The molecule has 2 heterocycles. The number of rotatable bonds is 28. The third-order valence-electron chi connectivity index (χ3n) is 10.7. The van der Waals surface area contributed by atoms with E-state index in [1.165, 1.54) is 0 Å². The molecule has 6 rings (SSSR count). The van der Waals surface area contributed by atoms with Crippen molar-refractivity contribution in [2.45, 2.75) is 25.3 Å². The number of carbonyl (C=O) groups excluding carboxylic acids is 4. The Balaban J connectivity index is 1.26. The lowest BCUT2D eigenvalue weighted by Gasteiger charge is -2.26. The largest absolute Gasteiger partial charge is 0.452 e. The molecular formula is C52H56N2O12. The van der Waals surface area contributed by atoms with Gasteiger partial charge in [-0.15, -0.1) is 0 Å². The normalized spacial score (nSPS) is 14.4. The van der Waals surface area contributed by atoms with E-state index in [9.17, 15) is 19.2 Å². The first kappa shape index (κ1) is 48.9. The topological polar surface area (TPSA) is 149 Å². The van der Waals surface area contributed by atoms with E-state index in [4.69, 9.17) is 37.9 Å². The molecule has 0 aliphatic carbocycles. The Morgan fingerprint density at radius 3 is 1.20 bits per heavy atom. The van der Waals surface area contributed by atoms with Gasteiger partial charge in [0.25, 0.3) is 11.8 Å². The van der Waals surface area contributed by atoms with Gasteiger partial charge in [0.2, 0.25) is 0 Å². The van der Waals surface area contributed by atoms with E-state index in [0.717, 1.165) is 23.3 Å². The molecule has 4 aromatic rings. The minimum Gasteiger partial charge on any atom is -0.452 e. The lowest BCUT2D eigenvalue weighted by Crippen LogP contribution is -2.29. The average molecular weight is 901 g/mol. The Morgan fingerprint density at radius 2 is 0.848 bits per heavy atom. The predicted molar refractivity (Wildman–Crippen MR) is 246 cm³/mol. The maximum atomic E-state index is 14.9. The summed E-state index contributed by atoms with van der Waals surface area (Å²) in [5.74, 6) is -1.80. The van der Waals surface area contributed by atoms with Gasteiger partial charge in [0, 0.05) is 26.4 Å². The van der Waals surface area contributed by atoms with E-state index < -0.39 is 24.1 Å². The van der Waals surface area contributed by atoms with Crippen LogP contribution in [0.3, 0.4) is 0 Å². The molecule has 346 valence electrons. The highest BCUT2D eigenvalue weighted by Crippen LogP contribution is 2.47. The fourth-order valence-corrected chi connectivity index (χ4v) is 7.41. The van der Waals surface area contributed by atoms with Gasteiger partial charge >= 0.3 is 11.9 Å². The average Bonchev–Trinajstić information content (AvgIpc) is 3.79. The number of hydrogen-bond acceptors (Lipinski definition) is 12. The Morgan fingerprint density at radius 1 is 0.500 bits per heavy atom. The molecule has 0 spiro atoms. The first-order chi connectivity index (χ1) is 32.3. The first-order valence-electron chi connectivity index (χ1n) is 21.6. The van der Waals surface area contributed by atoms with Crippen molar-refractivity contribution in [2.75, 3.05) is 80.3 Å². The number of fused-ring (bicyclic) bond motifs is 1. The molecule has 2 aliphatic heterocycles. The van der Waals surface area contributed by atoms with Crippen LogP contribution in [-0.2, 0) is 70.2 Å². The van der Waals surface area contributed by atoms with Crippen molar-refractivity contribution < 1.29 is 57.1 Å². The molecule has 14 heteroatoms. The van der Waals surface area contributed by atoms with E-state index in [1.807, 2.05) is 109 Å². The van der Waals surface area contributed by atoms with E-state index >= 15 is 0 Å². The van der Waals surface area contributed by atoms with Crippen LogP contribution in [0.4, 0.5) is 0 Å². The van der Waals surface area contributed by atoms with Crippen molar-refractivity contribution in [3.63, 3.8) is 0 Å². The minimum atomic E-state index is -0.719. The highest BCUT2D eigenvalue weighted by atomic mass is 16.6. The molecule has 0 aromatic heterocycles. The van der Waals surface area contributed by atoms with Gasteiger partial charge < -0.3 is 47.7 Å². The number of esters is 2. The number of carbonyl (C=O) groups is 4. The molecule has 2 amide bonds. The lowest BCUT2D eigenvalue weighted by molar-refractivity contribution is -0.147. The van der Waals surface area contributed by atoms with Crippen molar-refractivity contribution in [3.8, 4) is 0 Å². The molecule has 0 saturated heterocycles. The molecule has 2 aliphatic rings. The zero-order valence-electron chi connectivity index (χ0n) is 37.4. The Hall–Kier alpha value is -6.52. The summed E-state index contributed by atoms with van der Waals surface area (Å²) in [5, 5.41) is 0. The van der Waals surface area contributed by atoms with Crippen LogP contribution in [0.1, 0.15) is 45.6 Å². The van der Waals surface area contributed by atoms with Crippen LogP contribution in [0.2, 0.25) is 0 Å². The van der Waals surface area contributed by atoms with Gasteiger partial charge in [-0.2, -0.15) is 0 Å². The zero-order valence-corrected chi connectivity index (χ0v) is 37.4. The Bertz CT molecular complexity index is 2160. The molecule has 4 aromatic carbocycles. The fourth-order valence-electron chi connectivity index (χ4n) is 7.41. The van der Waals surface area contributed by atoms with Crippen LogP contribution in [-0.4, -0.2) is 114 Å². The molecule has 0 bridgehead atoms. The molecule has 14 nitrogen and oxygen atoms in total. The summed E-state index contributed by atoms with van der Waals surface area (Å²) in [6, 6.07) is 33.6. The number of amides is 2. The summed E-state index contributed by atoms with van der Waals surface area (Å²) in [4.78, 5) is 57.8. The highest BCUT2D eigenvalue weighted by Gasteiger charge is 2.48. The summed E-state index contributed by atoms with van der Waals surface area (Å²) in [6.45, 7) is 10.7. The van der Waals surface area contributed by atoms with Crippen LogP contribution in [0, 0.1) is 0 Å². The first-order valence-corrected chi connectivity index (χ1v) is 21.6. The van der Waals surface area contributed by atoms with Crippen molar-refractivity contribution in [1.29, 1.82) is 0 Å². The quantitative estimate of drug-likeness (QED) is 0.0336. The second kappa shape index (κ2) is 25.2. The number of methoxy groups -OCH3 is 2. The van der Waals surface area contributed by atoms with Crippen molar-refractivity contribution in [1.82, 2.24) is 9.80 Å². The van der Waals surface area contributed by atoms with Crippen molar-refractivity contribution in [3.05, 3.63) is 179 Å². The van der Waals surface area contributed by atoms with Crippen LogP contribution in [0.25, 0.3) is 11.4 Å². The second-order valence-corrected chi connectivity index (χ2v) is 15.1. The summed E-state index contributed by atoms with van der Waals surface area (Å²) in [7, 11) is 3.20. The molecule has 0 N–H and O–H groups in total. The van der Waals surface area contributed by atoms with Gasteiger partial charge in [-0.1, -0.05) is 122 Å². The number of benzene rings is 4. The van der Waals surface area contributed by atoms with Crippen molar-refractivity contribution >= 4 is 35.1 Å². The molecule has 2 unspecified atom stereocenters. The van der Waals surface area contributed by atoms with Gasteiger partial charge in [-0.05, 0) is 33.4 Å². The van der Waals surface area contributed by atoms with E-state index in [1.54, 1.807) is 24.0 Å². The summed E-state index contributed by atoms with van der Waals surface area (Å²) in [5.41, 5.74) is 6.01. The second-order valence-electron chi connectivity index (χ2n) is 15.1. The van der Waals surface area contributed by atoms with Gasteiger partial charge in [-0.25, -0.2) is 9.59 Å². The molecule has 0 fully saturated rings. The smallest absolute Gasteiger partial charge is 0.330 e. The molecule has 2 atom stereocenters. The van der Waals surface area contributed by atoms with Gasteiger partial charge in [0.05, 0.1) is 102 Å². The van der Waals surface area contributed by atoms with Crippen LogP contribution < -0.4 is 0 Å². The maximum absolute atomic E-state index is 14.9. The number of nitrogens with zero attached hydrogens (tertiary/aromatic N) is 2. The van der Waals surface area contributed by atoms with Crippen LogP contribution in [0.15, 0.2) is 146 Å². The van der Waals surface area contributed by atoms with Gasteiger partial charge in [0.1, 0.15) is 0 Å². The SMILES string of the molecule is C=CC(=O)OC(COCCOCCOC)c1ccc(CN2C(=O)C3=C(c4ccccc4)N(Cc4ccc(C(COCCOCCOC)OC(=O)C=C)cc4)C(=O)C3=C2c2ccccc2)cc1. The Kier molecular flexibility index (Phi) is 18.7. The maximum Gasteiger partial charge on any atom is 0.330 e.